The van der Waals surface area contributed by atoms with Gasteiger partial charge in [-0.05, 0) is 28.5 Å². The van der Waals surface area contributed by atoms with Crippen molar-refractivity contribution in [2.75, 3.05) is 7.11 Å². The number of carbonyl (C=O) groups is 1. The predicted molar refractivity (Wildman–Crippen MR) is 71.2 cm³/mol. The Hall–Kier alpha value is -2.44. The summed E-state index contributed by atoms with van der Waals surface area (Å²) in [6, 6.07) is 7.43. The van der Waals surface area contributed by atoms with Gasteiger partial charge in [0.2, 0.25) is 0 Å². The van der Waals surface area contributed by atoms with E-state index >= 15 is 0 Å². The van der Waals surface area contributed by atoms with Crippen LogP contribution in [0.3, 0.4) is 0 Å². The molecule has 1 heterocycles. The van der Waals surface area contributed by atoms with E-state index in [1.807, 2.05) is 31.2 Å². The standard InChI is InChI=1S/C13H16N4O3/c1-9(7-12(18)19)8-17-13(14-15-16-17)10-5-3-4-6-11(10)20-2/h3-6,9H,7-8H2,1-2H3,(H,18,19). The van der Waals surface area contributed by atoms with Crippen molar-refractivity contribution < 1.29 is 14.6 Å². The molecule has 0 saturated carbocycles. The summed E-state index contributed by atoms with van der Waals surface area (Å²) in [5.41, 5.74) is 0.780. The van der Waals surface area contributed by atoms with Gasteiger partial charge in [-0.25, -0.2) is 4.68 Å². The molecule has 0 bridgehead atoms. The fourth-order valence-corrected chi connectivity index (χ4v) is 2.01. The van der Waals surface area contributed by atoms with Crippen LogP contribution in [-0.2, 0) is 11.3 Å². The van der Waals surface area contributed by atoms with Crippen molar-refractivity contribution in [1.82, 2.24) is 20.2 Å². The monoisotopic (exact) mass is 276 g/mol. The molecule has 0 aliphatic carbocycles. The van der Waals surface area contributed by atoms with Crippen LogP contribution >= 0.6 is 0 Å². The normalized spacial score (nSPS) is 12.1. The zero-order valence-corrected chi connectivity index (χ0v) is 11.4. The Morgan fingerprint density at radius 2 is 2.20 bits per heavy atom. The lowest BCUT2D eigenvalue weighted by Gasteiger charge is -2.11. The maximum Gasteiger partial charge on any atom is 0.303 e. The highest BCUT2D eigenvalue weighted by atomic mass is 16.5. The number of rotatable bonds is 6. The Bertz CT molecular complexity index is 597. The minimum atomic E-state index is -0.829. The summed E-state index contributed by atoms with van der Waals surface area (Å²) in [6.07, 6.45) is 0.0746. The highest BCUT2D eigenvalue weighted by Gasteiger charge is 2.16. The second-order valence-electron chi connectivity index (χ2n) is 4.59. The maximum atomic E-state index is 10.7. The van der Waals surface area contributed by atoms with Crippen LogP contribution in [0.2, 0.25) is 0 Å². The number of aromatic nitrogens is 4. The molecule has 0 aliphatic rings. The summed E-state index contributed by atoms with van der Waals surface area (Å²) in [4.78, 5) is 10.7. The molecule has 0 radical (unpaired) electrons. The number of hydrogen-bond acceptors (Lipinski definition) is 5. The first kappa shape index (κ1) is 14.0. The van der Waals surface area contributed by atoms with Crippen molar-refractivity contribution in [1.29, 1.82) is 0 Å². The minimum Gasteiger partial charge on any atom is -0.496 e. The van der Waals surface area contributed by atoms with E-state index in [4.69, 9.17) is 9.84 Å². The molecule has 7 heteroatoms. The fourth-order valence-electron chi connectivity index (χ4n) is 2.01. The van der Waals surface area contributed by atoms with Crippen molar-refractivity contribution in [3.63, 3.8) is 0 Å². The van der Waals surface area contributed by atoms with E-state index in [9.17, 15) is 4.79 Å². The molecular formula is C13H16N4O3. The molecule has 0 fully saturated rings. The lowest BCUT2D eigenvalue weighted by Crippen LogP contribution is -2.14. The van der Waals surface area contributed by atoms with Gasteiger partial charge >= 0.3 is 5.97 Å². The largest absolute Gasteiger partial charge is 0.496 e. The van der Waals surface area contributed by atoms with Gasteiger partial charge in [-0.3, -0.25) is 4.79 Å². The molecule has 2 rings (SSSR count). The topological polar surface area (TPSA) is 90.1 Å². The molecule has 0 aliphatic heterocycles. The lowest BCUT2D eigenvalue weighted by molar-refractivity contribution is -0.138. The minimum absolute atomic E-state index is 0.0653. The van der Waals surface area contributed by atoms with Crippen LogP contribution in [0.15, 0.2) is 24.3 Å². The van der Waals surface area contributed by atoms with E-state index < -0.39 is 5.97 Å². The highest BCUT2D eigenvalue weighted by molar-refractivity contribution is 5.67. The van der Waals surface area contributed by atoms with Gasteiger partial charge in [0.1, 0.15) is 5.75 Å². The summed E-state index contributed by atoms with van der Waals surface area (Å²) >= 11 is 0. The van der Waals surface area contributed by atoms with E-state index in [0.717, 1.165) is 5.56 Å². The Kier molecular flexibility index (Phi) is 4.29. The Morgan fingerprint density at radius 3 is 2.90 bits per heavy atom. The Morgan fingerprint density at radius 1 is 1.45 bits per heavy atom. The SMILES string of the molecule is COc1ccccc1-c1nnnn1CC(C)CC(=O)O. The molecular weight excluding hydrogens is 260 g/mol. The molecule has 1 atom stereocenters. The van der Waals surface area contributed by atoms with Crippen molar-refractivity contribution in [2.45, 2.75) is 19.9 Å². The molecule has 20 heavy (non-hydrogen) atoms. The van der Waals surface area contributed by atoms with E-state index in [2.05, 4.69) is 15.5 Å². The van der Waals surface area contributed by atoms with E-state index in [-0.39, 0.29) is 12.3 Å². The zero-order chi connectivity index (χ0) is 14.5. The van der Waals surface area contributed by atoms with Crippen molar-refractivity contribution in [3.8, 4) is 17.1 Å². The molecule has 0 amide bonds. The summed E-state index contributed by atoms with van der Waals surface area (Å²) in [6.45, 7) is 2.29. The third-order valence-corrected chi connectivity index (χ3v) is 2.89. The number of aliphatic carboxylic acids is 1. The molecule has 0 saturated heterocycles. The summed E-state index contributed by atoms with van der Waals surface area (Å²) in [5, 5.41) is 20.4. The molecule has 2 aromatic rings. The summed E-state index contributed by atoms with van der Waals surface area (Å²) in [5.74, 6) is 0.350. The van der Waals surface area contributed by atoms with Gasteiger partial charge in [0.15, 0.2) is 5.82 Å². The lowest BCUT2D eigenvalue weighted by atomic mass is 10.1. The van der Waals surface area contributed by atoms with Gasteiger partial charge in [0.05, 0.1) is 12.7 Å². The van der Waals surface area contributed by atoms with Crippen LogP contribution in [0.25, 0.3) is 11.4 Å². The number of para-hydroxylation sites is 1. The zero-order valence-electron chi connectivity index (χ0n) is 11.4. The average molecular weight is 276 g/mol. The van der Waals surface area contributed by atoms with Crippen molar-refractivity contribution in [3.05, 3.63) is 24.3 Å². The van der Waals surface area contributed by atoms with Gasteiger partial charge in [-0.1, -0.05) is 19.1 Å². The number of hydrogen-bond donors (Lipinski definition) is 1. The van der Waals surface area contributed by atoms with E-state index in [0.29, 0.717) is 18.1 Å². The number of methoxy groups -OCH3 is 1. The first-order chi connectivity index (χ1) is 9.61. The van der Waals surface area contributed by atoms with Crippen LogP contribution in [0.5, 0.6) is 5.75 Å². The van der Waals surface area contributed by atoms with Crippen LogP contribution in [0.1, 0.15) is 13.3 Å². The molecule has 1 aromatic heterocycles. The summed E-state index contributed by atoms with van der Waals surface area (Å²) in [7, 11) is 1.58. The Labute approximate surface area is 116 Å². The molecule has 7 nitrogen and oxygen atoms in total. The van der Waals surface area contributed by atoms with Crippen LogP contribution in [0, 0.1) is 5.92 Å². The summed E-state index contributed by atoms with van der Waals surface area (Å²) < 4.78 is 6.89. The van der Waals surface area contributed by atoms with Gasteiger partial charge in [-0.15, -0.1) is 5.10 Å². The number of nitrogens with zero attached hydrogens (tertiary/aromatic N) is 4. The number of carboxylic acids is 1. The molecule has 1 aromatic carbocycles. The first-order valence-corrected chi connectivity index (χ1v) is 6.23. The van der Waals surface area contributed by atoms with Gasteiger partial charge in [-0.2, -0.15) is 0 Å². The Balaban J connectivity index is 2.26. The first-order valence-electron chi connectivity index (χ1n) is 6.23. The van der Waals surface area contributed by atoms with E-state index in [1.54, 1.807) is 11.8 Å². The van der Waals surface area contributed by atoms with Crippen LogP contribution < -0.4 is 4.74 Å². The molecule has 1 N–H and O–H groups in total. The van der Waals surface area contributed by atoms with Gasteiger partial charge in [0, 0.05) is 13.0 Å². The average Bonchev–Trinajstić information content (AvgIpc) is 2.85. The second kappa shape index (κ2) is 6.14. The highest BCUT2D eigenvalue weighted by Crippen LogP contribution is 2.27. The van der Waals surface area contributed by atoms with Gasteiger partial charge in [0.25, 0.3) is 0 Å². The molecule has 1 unspecified atom stereocenters. The third kappa shape index (κ3) is 3.11. The fraction of sp³-hybridized carbons (Fsp3) is 0.385. The number of carboxylic acid groups (broad SMARTS) is 1. The van der Waals surface area contributed by atoms with Crippen molar-refractivity contribution in [2.24, 2.45) is 5.92 Å². The maximum absolute atomic E-state index is 10.7. The van der Waals surface area contributed by atoms with Crippen LogP contribution in [0.4, 0.5) is 0 Å². The smallest absolute Gasteiger partial charge is 0.303 e. The van der Waals surface area contributed by atoms with Gasteiger partial charge < -0.3 is 9.84 Å². The molecule has 0 spiro atoms. The second-order valence-corrected chi connectivity index (χ2v) is 4.59. The number of ether oxygens (including phenoxy) is 1. The number of tetrazole rings is 1. The van der Waals surface area contributed by atoms with Crippen LogP contribution in [-0.4, -0.2) is 38.4 Å². The van der Waals surface area contributed by atoms with E-state index in [1.165, 1.54) is 0 Å². The van der Waals surface area contributed by atoms with Crippen molar-refractivity contribution >= 4 is 5.97 Å². The predicted octanol–water partition coefficient (Wildman–Crippen LogP) is 1.46. The number of benzene rings is 1. The quantitative estimate of drug-likeness (QED) is 0.859. The molecule has 106 valence electrons. The third-order valence-electron chi connectivity index (χ3n) is 2.89.